The van der Waals surface area contributed by atoms with Crippen LogP contribution in [0.5, 0.6) is 0 Å². The predicted molar refractivity (Wildman–Crippen MR) is 66.5 cm³/mol. The van der Waals surface area contributed by atoms with E-state index >= 15 is 0 Å². The Kier molecular flexibility index (Phi) is 4.53. The van der Waals surface area contributed by atoms with Gasteiger partial charge in [0.15, 0.2) is 0 Å². The van der Waals surface area contributed by atoms with Gasteiger partial charge in [0.1, 0.15) is 0 Å². The number of hydrogen-bond acceptors (Lipinski definition) is 4. The summed E-state index contributed by atoms with van der Waals surface area (Å²) < 4.78 is 2.05. The van der Waals surface area contributed by atoms with Crippen molar-refractivity contribution >= 4 is 0 Å². The van der Waals surface area contributed by atoms with Gasteiger partial charge >= 0.3 is 0 Å². The van der Waals surface area contributed by atoms with Gasteiger partial charge in [-0.15, -0.1) is 0 Å². The molecule has 1 saturated heterocycles. The minimum atomic E-state index is -0.315. The van der Waals surface area contributed by atoms with Crippen LogP contribution in [-0.4, -0.2) is 45.8 Å². The molecule has 0 saturated carbocycles. The summed E-state index contributed by atoms with van der Waals surface area (Å²) >= 11 is 0. The number of nitrogens with two attached hydrogens (primary N) is 1. The Labute approximate surface area is 102 Å². The van der Waals surface area contributed by atoms with Crippen LogP contribution >= 0.6 is 0 Å². The van der Waals surface area contributed by atoms with Gasteiger partial charge in [-0.2, -0.15) is 0 Å². The van der Waals surface area contributed by atoms with Gasteiger partial charge in [0.05, 0.1) is 24.7 Å². The average molecular weight is 238 g/mol. The number of nitrogens with zero attached hydrogens (tertiary/aromatic N) is 3. The first-order chi connectivity index (χ1) is 8.31. The molecule has 1 aliphatic heterocycles. The molecule has 2 rings (SSSR count). The first-order valence-corrected chi connectivity index (χ1v) is 6.40. The fraction of sp³-hybridized carbons (Fsp3) is 0.750. The number of aromatic nitrogens is 2. The first kappa shape index (κ1) is 12.5. The highest BCUT2D eigenvalue weighted by Gasteiger charge is 2.12. The minimum Gasteiger partial charge on any atom is -0.394 e. The van der Waals surface area contributed by atoms with Gasteiger partial charge < -0.3 is 20.3 Å². The Morgan fingerprint density at radius 3 is 2.82 bits per heavy atom. The molecule has 1 unspecified atom stereocenters. The van der Waals surface area contributed by atoms with Crippen LogP contribution < -0.4 is 5.73 Å². The van der Waals surface area contributed by atoms with Gasteiger partial charge in [-0.25, -0.2) is 4.98 Å². The van der Waals surface area contributed by atoms with Crippen LogP contribution in [0.25, 0.3) is 0 Å². The fourth-order valence-corrected chi connectivity index (χ4v) is 2.39. The molecule has 1 aromatic heterocycles. The molecule has 1 fully saturated rings. The summed E-state index contributed by atoms with van der Waals surface area (Å²) in [5, 5.41) is 9.05. The Morgan fingerprint density at radius 1 is 1.35 bits per heavy atom. The summed E-state index contributed by atoms with van der Waals surface area (Å²) in [5.41, 5.74) is 6.74. The molecule has 5 nitrogen and oxygen atoms in total. The second kappa shape index (κ2) is 6.14. The quantitative estimate of drug-likeness (QED) is 0.751. The van der Waals surface area contributed by atoms with Crippen molar-refractivity contribution in [2.24, 2.45) is 5.73 Å². The molecule has 1 atom stereocenters. The maximum absolute atomic E-state index is 9.05. The van der Waals surface area contributed by atoms with Crippen molar-refractivity contribution < 1.29 is 5.11 Å². The van der Waals surface area contributed by atoms with Crippen LogP contribution in [-0.2, 0) is 6.54 Å². The number of imidazole rings is 1. The van der Waals surface area contributed by atoms with Gasteiger partial charge in [-0.05, 0) is 38.9 Å². The maximum Gasteiger partial charge on any atom is 0.0948 e. The normalized spacial score (nSPS) is 18.7. The van der Waals surface area contributed by atoms with E-state index in [0.29, 0.717) is 0 Å². The monoisotopic (exact) mass is 238 g/mol. The summed E-state index contributed by atoms with van der Waals surface area (Å²) in [6, 6.07) is -0.315. The number of aryl methyl sites for hydroxylation is 1. The zero-order valence-corrected chi connectivity index (χ0v) is 10.3. The van der Waals surface area contributed by atoms with Crippen LogP contribution in [0.1, 0.15) is 31.0 Å². The van der Waals surface area contributed by atoms with Gasteiger partial charge in [-0.3, -0.25) is 0 Å². The lowest BCUT2D eigenvalue weighted by Gasteiger charge is -2.16. The van der Waals surface area contributed by atoms with Crippen LogP contribution in [0.4, 0.5) is 0 Å². The van der Waals surface area contributed by atoms with Crippen molar-refractivity contribution in [3.63, 3.8) is 0 Å². The SMILES string of the molecule is NC(CO)c1cncn1CCCN1CCCC1. The van der Waals surface area contributed by atoms with Crippen molar-refractivity contribution in [1.82, 2.24) is 14.5 Å². The van der Waals surface area contributed by atoms with E-state index < -0.39 is 0 Å². The predicted octanol–water partition coefficient (Wildman–Crippen LogP) is 0.361. The van der Waals surface area contributed by atoms with Gasteiger partial charge in [0, 0.05) is 12.7 Å². The van der Waals surface area contributed by atoms with E-state index in [1.54, 1.807) is 12.5 Å². The number of rotatable bonds is 6. The van der Waals surface area contributed by atoms with E-state index in [4.69, 9.17) is 10.8 Å². The Hall–Kier alpha value is -0.910. The second-order valence-electron chi connectivity index (χ2n) is 4.70. The third-order valence-electron chi connectivity index (χ3n) is 3.39. The molecule has 3 N–H and O–H groups in total. The summed E-state index contributed by atoms with van der Waals surface area (Å²) in [7, 11) is 0. The van der Waals surface area contributed by atoms with Crippen molar-refractivity contribution in [1.29, 1.82) is 0 Å². The molecule has 0 spiro atoms. The van der Waals surface area contributed by atoms with E-state index in [1.807, 2.05) is 0 Å². The number of aliphatic hydroxyl groups is 1. The largest absolute Gasteiger partial charge is 0.394 e. The van der Waals surface area contributed by atoms with E-state index in [9.17, 15) is 0 Å². The molecule has 96 valence electrons. The average Bonchev–Trinajstić information content (AvgIpc) is 2.99. The summed E-state index contributed by atoms with van der Waals surface area (Å²) in [4.78, 5) is 6.60. The van der Waals surface area contributed by atoms with E-state index in [0.717, 1.165) is 25.2 Å². The molecule has 0 radical (unpaired) electrons. The van der Waals surface area contributed by atoms with Gasteiger partial charge in [0.25, 0.3) is 0 Å². The lowest BCUT2D eigenvalue weighted by molar-refractivity contribution is 0.262. The first-order valence-electron chi connectivity index (χ1n) is 6.40. The van der Waals surface area contributed by atoms with E-state index in [1.165, 1.54) is 25.9 Å². The molecule has 1 aromatic rings. The van der Waals surface area contributed by atoms with Crippen LogP contribution in [0.3, 0.4) is 0 Å². The third-order valence-corrected chi connectivity index (χ3v) is 3.39. The summed E-state index contributed by atoms with van der Waals surface area (Å²) in [6.07, 6.45) is 7.34. The van der Waals surface area contributed by atoms with Crippen molar-refractivity contribution in [3.05, 3.63) is 18.2 Å². The lowest BCUT2D eigenvalue weighted by Crippen LogP contribution is -2.23. The highest BCUT2D eigenvalue weighted by atomic mass is 16.3. The zero-order valence-electron chi connectivity index (χ0n) is 10.3. The number of hydrogen-bond donors (Lipinski definition) is 2. The molecule has 0 aromatic carbocycles. The fourth-order valence-electron chi connectivity index (χ4n) is 2.39. The molecule has 2 heterocycles. The van der Waals surface area contributed by atoms with Crippen molar-refractivity contribution in [2.45, 2.75) is 31.8 Å². The topological polar surface area (TPSA) is 67.3 Å². The van der Waals surface area contributed by atoms with Gasteiger partial charge in [-0.1, -0.05) is 0 Å². The molecule has 5 heteroatoms. The molecule has 1 aliphatic rings. The standard InChI is InChI=1S/C12H22N4O/c13-11(9-17)12-8-14-10-16(12)7-3-6-15-4-1-2-5-15/h8,10-11,17H,1-7,9,13H2. The van der Waals surface area contributed by atoms with Crippen molar-refractivity contribution in [3.8, 4) is 0 Å². The molecular formula is C12H22N4O. The summed E-state index contributed by atoms with van der Waals surface area (Å²) in [5.74, 6) is 0. The number of aliphatic hydroxyl groups excluding tert-OH is 1. The molecule has 17 heavy (non-hydrogen) atoms. The minimum absolute atomic E-state index is 0.0299. The second-order valence-corrected chi connectivity index (χ2v) is 4.70. The lowest BCUT2D eigenvalue weighted by atomic mass is 10.2. The third kappa shape index (κ3) is 3.28. The van der Waals surface area contributed by atoms with E-state index in [2.05, 4.69) is 14.5 Å². The van der Waals surface area contributed by atoms with Gasteiger partial charge in [0.2, 0.25) is 0 Å². The Morgan fingerprint density at radius 2 is 2.12 bits per heavy atom. The molecule has 0 amide bonds. The van der Waals surface area contributed by atoms with E-state index in [-0.39, 0.29) is 12.6 Å². The Bertz CT molecular complexity index is 333. The van der Waals surface area contributed by atoms with Crippen LogP contribution in [0.15, 0.2) is 12.5 Å². The maximum atomic E-state index is 9.05. The highest BCUT2D eigenvalue weighted by Crippen LogP contribution is 2.11. The molecule has 0 bridgehead atoms. The van der Waals surface area contributed by atoms with Crippen molar-refractivity contribution in [2.75, 3.05) is 26.2 Å². The molecular weight excluding hydrogens is 216 g/mol. The number of likely N-dealkylation sites (tertiary alicyclic amines) is 1. The Balaban J connectivity index is 1.79. The smallest absolute Gasteiger partial charge is 0.0948 e. The highest BCUT2D eigenvalue weighted by molar-refractivity contribution is 5.04. The summed E-state index contributed by atoms with van der Waals surface area (Å²) in [6.45, 7) is 4.53. The van der Waals surface area contributed by atoms with Crippen LogP contribution in [0.2, 0.25) is 0 Å². The zero-order chi connectivity index (χ0) is 12.1. The van der Waals surface area contributed by atoms with Crippen LogP contribution in [0, 0.1) is 0 Å². The molecule has 0 aliphatic carbocycles.